The Kier molecular flexibility index (Phi) is 6.24. The molecule has 3 atom stereocenters. The Morgan fingerprint density at radius 3 is 2.50 bits per heavy atom. The molecule has 3 aliphatic rings. The first-order chi connectivity index (χ1) is 14.4. The monoisotopic (exact) mass is 432 g/mol. The molecule has 1 aromatic rings. The Bertz CT molecular complexity index is 935. The lowest BCUT2D eigenvalue weighted by Gasteiger charge is -2.20. The summed E-state index contributed by atoms with van der Waals surface area (Å²) < 4.78 is 32.6. The van der Waals surface area contributed by atoms with Gasteiger partial charge >= 0.3 is 5.97 Å². The summed E-state index contributed by atoms with van der Waals surface area (Å²) in [4.78, 5) is 24.7. The molecule has 4 rings (SSSR count). The van der Waals surface area contributed by atoms with Gasteiger partial charge in [0.25, 0.3) is 5.91 Å². The maximum Gasteiger partial charge on any atom is 0.310 e. The van der Waals surface area contributed by atoms with Gasteiger partial charge in [-0.1, -0.05) is 31.1 Å². The molecule has 2 aliphatic carbocycles. The van der Waals surface area contributed by atoms with Crippen LogP contribution in [0.1, 0.15) is 38.5 Å². The molecule has 2 bridgehead atoms. The van der Waals surface area contributed by atoms with Crippen LogP contribution < -0.4 is 5.32 Å². The molecule has 30 heavy (non-hydrogen) atoms. The smallest absolute Gasteiger partial charge is 0.310 e. The topological polar surface area (TPSA) is 92.8 Å². The minimum absolute atomic E-state index is 0.158. The number of carbonyl (C=O) groups is 2. The zero-order chi connectivity index (χ0) is 21.1. The third-order valence-corrected chi connectivity index (χ3v) is 8.14. The van der Waals surface area contributed by atoms with E-state index >= 15 is 0 Å². The molecule has 162 valence electrons. The summed E-state index contributed by atoms with van der Waals surface area (Å²) in [6.45, 7) is 0.666. The zero-order valence-corrected chi connectivity index (χ0v) is 17.8. The second-order valence-corrected chi connectivity index (χ2v) is 10.3. The Morgan fingerprint density at radius 1 is 1.07 bits per heavy atom. The van der Waals surface area contributed by atoms with Crippen molar-refractivity contribution >= 4 is 27.6 Å². The van der Waals surface area contributed by atoms with E-state index in [0.29, 0.717) is 24.7 Å². The molecular weight excluding hydrogens is 404 g/mol. The molecule has 7 nitrogen and oxygen atoms in total. The van der Waals surface area contributed by atoms with E-state index in [4.69, 9.17) is 4.74 Å². The first-order valence-electron chi connectivity index (χ1n) is 10.7. The van der Waals surface area contributed by atoms with Crippen LogP contribution in [0, 0.1) is 17.8 Å². The number of carbonyl (C=O) groups excluding carboxylic acids is 2. The first kappa shape index (κ1) is 21.1. The number of amides is 1. The highest BCUT2D eigenvalue weighted by Gasteiger charge is 2.40. The molecule has 2 fully saturated rings. The van der Waals surface area contributed by atoms with Crippen molar-refractivity contribution in [3.8, 4) is 0 Å². The van der Waals surface area contributed by atoms with Gasteiger partial charge in [0.2, 0.25) is 10.0 Å². The lowest BCUT2D eigenvalue weighted by atomic mass is 9.94. The number of allylic oxidation sites excluding steroid dienone is 2. The molecule has 1 N–H and O–H groups in total. The number of sulfonamides is 1. The summed E-state index contributed by atoms with van der Waals surface area (Å²) in [5.74, 6) is -0.289. The highest BCUT2D eigenvalue weighted by molar-refractivity contribution is 7.89. The minimum atomic E-state index is -3.60. The normalized spacial score (nSPS) is 26.3. The number of hydrogen-bond acceptors (Lipinski definition) is 5. The van der Waals surface area contributed by atoms with E-state index < -0.39 is 15.9 Å². The van der Waals surface area contributed by atoms with Crippen molar-refractivity contribution in [2.45, 2.75) is 43.4 Å². The van der Waals surface area contributed by atoms with Crippen molar-refractivity contribution < 1.29 is 22.7 Å². The van der Waals surface area contributed by atoms with Gasteiger partial charge in [-0.25, -0.2) is 8.42 Å². The Morgan fingerprint density at radius 2 is 1.83 bits per heavy atom. The summed E-state index contributed by atoms with van der Waals surface area (Å²) in [5, 5.41) is 2.64. The summed E-state index contributed by atoms with van der Waals surface area (Å²) in [7, 11) is -3.60. The summed E-state index contributed by atoms with van der Waals surface area (Å²) in [6, 6.07) is 6.23. The number of rotatable bonds is 6. The van der Waals surface area contributed by atoms with Gasteiger partial charge < -0.3 is 10.1 Å². The highest BCUT2D eigenvalue weighted by atomic mass is 32.2. The van der Waals surface area contributed by atoms with Gasteiger partial charge in [-0.2, -0.15) is 4.31 Å². The molecule has 1 aliphatic heterocycles. The number of hydrogen-bond donors (Lipinski definition) is 1. The van der Waals surface area contributed by atoms with Crippen LogP contribution in [-0.2, 0) is 24.3 Å². The summed E-state index contributed by atoms with van der Waals surface area (Å²) in [6.07, 6.45) is 9.80. The minimum Gasteiger partial charge on any atom is -0.455 e. The van der Waals surface area contributed by atoms with Crippen molar-refractivity contribution in [3.05, 3.63) is 36.4 Å². The molecule has 8 heteroatoms. The molecule has 0 spiro atoms. The van der Waals surface area contributed by atoms with Crippen molar-refractivity contribution in [2.75, 3.05) is 25.0 Å². The van der Waals surface area contributed by atoms with E-state index in [9.17, 15) is 18.0 Å². The summed E-state index contributed by atoms with van der Waals surface area (Å²) >= 11 is 0. The molecule has 1 heterocycles. The molecule has 0 radical (unpaired) electrons. The number of nitrogens with zero attached hydrogens (tertiary/aromatic N) is 1. The number of benzene rings is 1. The second kappa shape index (κ2) is 8.89. The van der Waals surface area contributed by atoms with Crippen molar-refractivity contribution in [3.63, 3.8) is 0 Å². The fraction of sp³-hybridized carbons (Fsp3) is 0.545. The predicted molar refractivity (Wildman–Crippen MR) is 112 cm³/mol. The van der Waals surface area contributed by atoms with Gasteiger partial charge in [0, 0.05) is 18.8 Å². The molecular formula is C22H28N2O5S. The Balaban J connectivity index is 1.34. The quantitative estimate of drug-likeness (QED) is 0.551. The largest absolute Gasteiger partial charge is 0.455 e. The van der Waals surface area contributed by atoms with E-state index in [2.05, 4.69) is 17.5 Å². The van der Waals surface area contributed by atoms with Gasteiger partial charge in [0.1, 0.15) is 0 Å². The third kappa shape index (κ3) is 4.59. The molecule has 0 unspecified atom stereocenters. The van der Waals surface area contributed by atoms with Gasteiger partial charge in [-0.15, -0.1) is 0 Å². The lowest BCUT2D eigenvalue weighted by molar-refractivity contribution is -0.152. The zero-order valence-electron chi connectivity index (χ0n) is 17.0. The van der Waals surface area contributed by atoms with Gasteiger partial charge in [-0.05, 0) is 55.7 Å². The fourth-order valence-electron chi connectivity index (χ4n) is 4.66. The molecule has 1 saturated heterocycles. The van der Waals surface area contributed by atoms with Crippen molar-refractivity contribution in [2.24, 2.45) is 17.8 Å². The van der Waals surface area contributed by atoms with E-state index in [1.54, 1.807) is 18.2 Å². The van der Waals surface area contributed by atoms with Crippen LogP contribution in [0.4, 0.5) is 5.69 Å². The number of esters is 1. The van der Waals surface area contributed by atoms with Crippen molar-refractivity contribution in [1.29, 1.82) is 0 Å². The first-order valence-corrected chi connectivity index (χ1v) is 12.1. The van der Waals surface area contributed by atoms with Crippen LogP contribution in [0.2, 0.25) is 0 Å². The van der Waals surface area contributed by atoms with E-state index in [-0.39, 0.29) is 29.3 Å². The number of anilines is 1. The SMILES string of the molecule is O=C(COC(=O)[C@H]1C[C@H]2C=C[C@H]1C2)Nc1cccc(S(=O)(=O)N2CCCCCC2)c1. The van der Waals surface area contributed by atoms with Crippen LogP contribution in [0.15, 0.2) is 41.3 Å². The molecule has 1 amide bonds. The predicted octanol–water partition coefficient (Wildman–Crippen LogP) is 2.95. The number of fused-ring (bicyclic) bond motifs is 2. The Hall–Kier alpha value is -2.19. The van der Waals surface area contributed by atoms with Crippen molar-refractivity contribution in [1.82, 2.24) is 4.31 Å². The van der Waals surface area contributed by atoms with Crippen LogP contribution in [0.3, 0.4) is 0 Å². The van der Waals surface area contributed by atoms with Gasteiger partial charge in [0.05, 0.1) is 10.8 Å². The van der Waals surface area contributed by atoms with Gasteiger partial charge in [-0.3, -0.25) is 9.59 Å². The third-order valence-electron chi connectivity index (χ3n) is 6.25. The average molecular weight is 433 g/mol. The van der Waals surface area contributed by atoms with E-state index in [1.165, 1.54) is 10.4 Å². The lowest BCUT2D eigenvalue weighted by Crippen LogP contribution is -2.32. The molecule has 1 aromatic carbocycles. The van der Waals surface area contributed by atoms with E-state index in [0.717, 1.165) is 38.5 Å². The standard InChI is InChI=1S/C22H28N2O5S/c25-21(15-29-22(26)20-13-16-8-9-17(20)12-16)23-18-6-5-7-19(14-18)30(27,28)24-10-3-1-2-4-11-24/h5-9,14,16-17,20H,1-4,10-13,15H2,(H,23,25)/t16-,17-,20-/m0/s1. The summed E-state index contributed by atoms with van der Waals surface area (Å²) in [5.41, 5.74) is 0.370. The number of ether oxygens (including phenoxy) is 1. The number of nitrogens with one attached hydrogen (secondary N) is 1. The van der Waals surface area contributed by atoms with Crippen LogP contribution >= 0.6 is 0 Å². The Labute approximate surface area is 177 Å². The highest BCUT2D eigenvalue weighted by Crippen LogP contribution is 2.43. The van der Waals surface area contributed by atoms with Crippen LogP contribution in [0.5, 0.6) is 0 Å². The van der Waals surface area contributed by atoms with E-state index in [1.807, 2.05) is 0 Å². The van der Waals surface area contributed by atoms with Crippen LogP contribution in [-0.4, -0.2) is 44.3 Å². The maximum atomic E-state index is 12.9. The average Bonchev–Trinajstić information content (AvgIpc) is 3.26. The molecule has 1 saturated carbocycles. The second-order valence-electron chi connectivity index (χ2n) is 8.39. The van der Waals surface area contributed by atoms with Gasteiger partial charge in [0.15, 0.2) is 6.61 Å². The fourth-order valence-corrected chi connectivity index (χ4v) is 6.22. The maximum absolute atomic E-state index is 12.9. The molecule has 0 aromatic heterocycles. The van der Waals surface area contributed by atoms with Crippen LogP contribution in [0.25, 0.3) is 0 Å².